The Kier molecular flexibility index (Phi) is 4.73. The molecule has 4 rings (SSSR count). The molecule has 1 aliphatic rings. The van der Waals surface area contributed by atoms with Crippen molar-refractivity contribution >= 4 is 22.3 Å². The van der Waals surface area contributed by atoms with E-state index in [9.17, 15) is 10.1 Å². The van der Waals surface area contributed by atoms with E-state index in [0.717, 1.165) is 12.8 Å². The smallest absolute Gasteiger partial charge is 0.301 e. The number of ether oxygens (including phenoxy) is 1. The maximum Gasteiger partial charge on any atom is 0.301 e. The van der Waals surface area contributed by atoms with E-state index in [-0.39, 0.29) is 16.0 Å². The average molecular weight is 363 g/mol. The third-order valence-corrected chi connectivity index (χ3v) is 5.39. The number of pyridine rings is 1. The lowest BCUT2D eigenvalue weighted by atomic mass is 9.74. The molecule has 1 aromatic heterocycles. The van der Waals surface area contributed by atoms with Gasteiger partial charge in [0.1, 0.15) is 5.69 Å². The molecule has 1 saturated heterocycles. The molecule has 0 unspecified atom stereocenters. The van der Waals surface area contributed by atoms with Crippen LogP contribution in [0.4, 0.5) is 11.4 Å². The van der Waals surface area contributed by atoms with Crippen molar-refractivity contribution in [2.24, 2.45) is 0 Å². The second-order valence-corrected chi connectivity index (χ2v) is 6.90. The molecule has 0 atom stereocenters. The second-order valence-electron chi connectivity index (χ2n) is 6.90. The zero-order valence-electron chi connectivity index (χ0n) is 14.9. The van der Waals surface area contributed by atoms with Crippen LogP contribution in [0.2, 0.25) is 0 Å². The van der Waals surface area contributed by atoms with Crippen LogP contribution in [0.3, 0.4) is 0 Å². The van der Waals surface area contributed by atoms with Crippen molar-refractivity contribution < 1.29 is 9.66 Å². The van der Waals surface area contributed by atoms with Gasteiger partial charge in [-0.3, -0.25) is 15.1 Å². The molecule has 2 aromatic carbocycles. The molecular formula is C21H21N3O3. The van der Waals surface area contributed by atoms with Gasteiger partial charge in [0, 0.05) is 31.4 Å². The Balaban J connectivity index is 1.69. The Hall–Kier alpha value is -2.99. The molecule has 3 aromatic rings. The van der Waals surface area contributed by atoms with Gasteiger partial charge in [-0.15, -0.1) is 0 Å². The number of hydrogen-bond acceptors (Lipinski definition) is 5. The van der Waals surface area contributed by atoms with Crippen molar-refractivity contribution in [2.45, 2.75) is 18.3 Å². The maximum atomic E-state index is 11.8. The summed E-state index contributed by atoms with van der Waals surface area (Å²) in [6.45, 7) is 2.01. The summed E-state index contributed by atoms with van der Waals surface area (Å²) >= 11 is 0. The van der Waals surface area contributed by atoms with Gasteiger partial charge in [0.15, 0.2) is 0 Å². The predicted octanol–water partition coefficient (Wildman–Crippen LogP) is 4.30. The number of nitrogens with zero attached hydrogens (tertiary/aromatic N) is 2. The fourth-order valence-electron chi connectivity index (χ4n) is 3.86. The zero-order chi connectivity index (χ0) is 18.7. The molecule has 138 valence electrons. The summed E-state index contributed by atoms with van der Waals surface area (Å²) in [7, 11) is 0. The van der Waals surface area contributed by atoms with E-state index in [1.807, 2.05) is 24.3 Å². The minimum absolute atomic E-state index is 0.0795. The molecule has 0 bridgehead atoms. The van der Waals surface area contributed by atoms with Crippen molar-refractivity contribution in [3.05, 3.63) is 76.5 Å². The topological polar surface area (TPSA) is 77.3 Å². The first-order valence-electron chi connectivity index (χ1n) is 9.09. The van der Waals surface area contributed by atoms with E-state index < -0.39 is 0 Å². The first kappa shape index (κ1) is 17.4. The van der Waals surface area contributed by atoms with Crippen LogP contribution in [0.5, 0.6) is 0 Å². The molecule has 1 N–H and O–H groups in total. The molecule has 0 radical (unpaired) electrons. The van der Waals surface area contributed by atoms with Crippen LogP contribution in [0, 0.1) is 10.1 Å². The quantitative estimate of drug-likeness (QED) is 0.540. The number of anilines is 1. The van der Waals surface area contributed by atoms with E-state index in [0.29, 0.717) is 36.3 Å². The summed E-state index contributed by atoms with van der Waals surface area (Å²) in [6, 6.07) is 17.4. The standard InChI is InChI=1S/C21H21N3O3/c25-24(26)20-17-7-4-12-22-18(17)8-9-19(20)23-15-21(10-13-27-14-11-21)16-5-2-1-3-6-16/h1-9,12,23H,10-11,13-15H2. The van der Waals surface area contributed by atoms with Crippen molar-refractivity contribution in [3.8, 4) is 0 Å². The summed E-state index contributed by atoms with van der Waals surface area (Å²) in [4.78, 5) is 15.7. The Labute approximate surface area is 157 Å². The highest BCUT2D eigenvalue weighted by atomic mass is 16.6. The number of fused-ring (bicyclic) bond motifs is 1. The van der Waals surface area contributed by atoms with Gasteiger partial charge in [-0.25, -0.2) is 0 Å². The van der Waals surface area contributed by atoms with Gasteiger partial charge < -0.3 is 10.1 Å². The fraction of sp³-hybridized carbons (Fsp3) is 0.286. The van der Waals surface area contributed by atoms with Crippen LogP contribution in [0.25, 0.3) is 10.9 Å². The molecule has 27 heavy (non-hydrogen) atoms. The lowest BCUT2D eigenvalue weighted by molar-refractivity contribution is -0.382. The van der Waals surface area contributed by atoms with Gasteiger partial charge in [0.25, 0.3) is 0 Å². The SMILES string of the molecule is O=[N+]([O-])c1c(NCC2(c3ccccc3)CCOCC2)ccc2ncccc12. The van der Waals surface area contributed by atoms with Crippen LogP contribution in [0.15, 0.2) is 60.8 Å². The summed E-state index contributed by atoms with van der Waals surface area (Å²) in [5, 5.41) is 15.7. The number of nitro groups is 1. The zero-order valence-corrected chi connectivity index (χ0v) is 14.9. The van der Waals surface area contributed by atoms with Crippen LogP contribution in [-0.4, -0.2) is 29.7 Å². The van der Waals surface area contributed by atoms with Crippen molar-refractivity contribution in [3.63, 3.8) is 0 Å². The fourth-order valence-corrected chi connectivity index (χ4v) is 3.86. The van der Waals surface area contributed by atoms with E-state index >= 15 is 0 Å². The Morgan fingerprint density at radius 2 is 1.85 bits per heavy atom. The number of hydrogen-bond donors (Lipinski definition) is 1. The summed E-state index contributed by atoms with van der Waals surface area (Å²) in [5.74, 6) is 0. The van der Waals surface area contributed by atoms with E-state index in [1.165, 1.54) is 5.56 Å². The Morgan fingerprint density at radius 3 is 2.59 bits per heavy atom. The van der Waals surface area contributed by atoms with Crippen molar-refractivity contribution in [1.29, 1.82) is 0 Å². The molecule has 6 nitrogen and oxygen atoms in total. The minimum atomic E-state index is -0.328. The third-order valence-electron chi connectivity index (χ3n) is 5.39. The van der Waals surface area contributed by atoms with Gasteiger partial charge in [-0.05, 0) is 42.7 Å². The highest BCUT2D eigenvalue weighted by Gasteiger charge is 2.35. The van der Waals surface area contributed by atoms with E-state index in [2.05, 4.69) is 22.4 Å². The number of nitro benzene ring substituents is 1. The van der Waals surface area contributed by atoms with Crippen molar-refractivity contribution in [1.82, 2.24) is 4.98 Å². The van der Waals surface area contributed by atoms with Crippen LogP contribution in [-0.2, 0) is 10.2 Å². The Morgan fingerprint density at radius 1 is 1.07 bits per heavy atom. The van der Waals surface area contributed by atoms with Crippen LogP contribution < -0.4 is 5.32 Å². The number of rotatable bonds is 5. The molecule has 1 fully saturated rings. The van der Waals surface area contributed by atoms with Gasteiger partial charge in [0.2, 0.25) is 0 Å². The molecule has 0 amide bonds. The Bertz CT molecular complexity index is 953. The van der Waals surface area contributed by atoms with Crippen molar-refractivity contribution in [2.75, 3.05) is 25.1 Å². The summed E-state index contributed by atoms with van der Waals surface area (Å²) in [5.41, 5.74) is 2.37. The number of nitrogens with one attached hydrogen (secondary N) is 1. The first-order valence-corrected chi connectivity index (χ1v) is 9.09. The van der Waals surface area contributed by atoms with Gasteiger partial charge in [0.05, 0.1) is 15.8 Å². The molecule has 0 aliphatic carbocycles. The minimum Gasteiger partial charge on any atom is -0.381 e. The molecule has 0 spiro atoms. The highest BCUT2D eigenvalue weighted by molar-refractivity contribution is 5.94. The van der Waals surface area contributed by atoms with E-state index in [4.69, 9.17) is 4.74 Å². The lowest BCUT2D eigenvalue weighted by Gasteiger charge is -2.38. The highest BCUT2D eigenvalue weighted by Crippen LogP contribution is 2.37. The molecule has 6 heteroatoms. The molecule has 1 aliphatic heterocycles. The molecule has 0 saturated carbocycles. The first-order chi connectivity index (χ1) is 13.2. The summed E-state index contributed by atoms with van der Waals surface area (Å²) in [6.07, 6.45) is 3.41. The van der Waals surface area contributed by atoms with E-state index in [1.54, 1.807) is 24.4 Å². The average Bonchev–Trinajstić information content (AvgIpc) is 2.73. The second kappa shape index (κ2) is 7.32. The summed E-state index contributed by atoms with van der Waals surface area (Å²) < 4.78 is 5.57. The normalized spacial score (nSPS) is 16.1. The lowest BCUT2D eigenvalue weighted by Crippen LogP contribution is -2.40. The largest absolute Gasteiger partial charge is 0.381 e. The maximum absolute atomic E-state index is 11.8. The number of benzene rings is 2. The number of aromatic nitrogens is 1. The van der Waals surface area contributed by atoms with Crippen LogP contribution >= 0.6 is 0 Å². The van der Waals surface area contributed by atoms with Crippen LogP contribution in [0.1, 0.15) is 18.4 Å². The van der Waals surface area contributed by atoms with Gasteiger partial charge in [-0.2, -0.15) is 0 Å². The van der Waals surface area contributed by atoms with Gasteiger partial charge >= 0.3 is 5.69 Å². The monoisotopic (exact) mass is 363 g/mol. The predicted molar refractivity (Wildman–Crippen MR) is 105 cm³/mol. The third kappa shape index (κ3) is 3.36. The molecular weight excluding hydrogens is 342 g/mol. The molecule has 2 heterocycles. The van der Waals surface area contributed by atoms with Gasteiger partial charge in [-0.1, -0.05) is 30.3 Å².